The highest BCUT2D eigenvalue weighted by atomic mass is 16.7. The molecular formula is C14H24N2O2. The smallest absolute Gasteiger partial charge is 0.158 e. The summed E-state index contributed by atoms with van der Waals surface area (Å²) in [5, 5.41) is 3.40. The van der Waals surface area contributed by atoms with Gasteiger partial charge >= 0.3 is 0 Å². The van der Waals surface area contributed by atoms with E-state index in [4.69, 9.17) is 9.47 Å². The van der Waals surface area contributed by atoms with Gasteiger partial charge in [0.05, 0.1) is 0 Å². The van der Waals surface area contributed by atoms with Crippen molar-refractivity contribution in [2.45, 2.75) is 33.0 Å². The lowest BCUT2D eigenvalue weighted by Gasteiger charge is -2.16. The number of nitrogens with zero attached hydrogens (tertiary/aromatic N) is 1. The van der Waals surface area contributed by atoms with Gasteiger partial charge in [-0.25, -0.2) is 0 Å². The quantitative estimate of drug-likeness (QED) is 0.511. The van der Waals surface area contributed by atoms with Crippen molar-refractivity contribution < 1.29 is 9.47 Å². The number of pyridine rings is 1. The van der Waals surface area contributed by atoms with E-state index in [1.54, 1.807) is 0 Å². The Hall–Kier alpha value is -0.970. The van der Waals surface area contributed by atoms with E-state index < -0.39 is 0 Å². The average Bonchev–Trinajstić information content (AvgIpc) is 2.40. The van der Waals surface area contributed by atoms with Gasteiger partial charge in [0.2, 0.25) is 0 Å². The van der Waals surface area contributed by atoms with Crippen LogP contribution in [0.25, 0.3) is 0 Å². The van der Waals surface area contributed by atoms with Crippen LogP contribution in [0.2, 0.25) is 0 Å². The minimum Gasteiger partial charge on any atom is -0.353 e. The number of rotatable bonds is 10. The summed E-state index contributed by atoms with van der Waals surface area (Å²) in [4.78, 5) is 4.00. The van der Waals surface area contributed by atoms with E-state index in [1.807, 2.05) is 38.4 Å². The monoisotopic (exact) mass is 252 g/mol. The molecule has 0 spiro atoms. The maximum atomic E-state index is 5.48. The van der Waals surface area contributed by atoms with Crippen LogP contribution in [0.4, 0.5) is 0 Å². The first-order valence-corrected chi connectivity index (χ1v) is 6.69. The van der Waals surface area contributed by atoms with Gasteiger partial charge in [0.25, 0.3) is 0 Å². The van der Waals surface area contributed by atoms with Gasteiger partial charge in [-0.3, -0.25) is 4.98 Å². The third-order valence-electron chi connectivity index (χ3n) is 2.60. The molecule has 0 aliphatic heterocycles. The van der Waals surface area contributed by atoms with E-state index in [0.717, 1.165) is 25.9 Å². The van der Waals surface area contributed by atoms with E-state index in [2.05, 4.69) is 10.3 Å². The van der Waals surface area contributed by atoms with Crippen molar-refractivity contribution in [2.75, 3.05) is 26.3 Å². The first-order chi connectivity index (χ1) is 8.86. The Morgan fingerprint density at radius 3 is 2.39 bits per heavy atom. The molecule has 0 bridgehead atoms. The predicted molar refractivity (Wildman–Crippen MR) is 72.5 cm³/mol. The highest BCUT2D eigenvalue weighted by molar-refractivity contribution is 5.09. The lowest BCUT2D eigenvalue weighted by molar-refractivity contribution is -0.138. The third kappa shape index (κ3) is 6.69. The lowest BCUT2D eigenvalue weighted by Crippen LogP contribution is -2.26. The number of nitrogens with one attached hydrogen (secondary N) is 1. The van der Waals surface area contributed by atoms with Crippen molar-refractivity contribution in [3.8, 4) is 0 Å². The molecule has 1 heterocycles. The number of hydrogen-bond donors (Lipinski definition) is 1. The van der Waals surface area contributed by atoms with Crippen molar-refractivity contribution in [1.29, 1.82) is 0 Å². The summed E-state index contributed by atoms with van der Waals surface area (Å²) in [6, 6.07) is 4.09. The topological polar surface area (TPSA) is 43.4 Å². The zero-order valence-corrected chi connectivity index (χ0v) is 11.4. The molecule has 4 heteroatoms. The van der Waals surface area contributed by atoms with Gasteiger partial charge in [0, 0.05) is 32.0 Å². The fourth-order valence-corrected chi connectivity index (χ4v) is 1.71. The Labute approximate surface area is 110 Å². The Bertz CT molecular complexity index is 287. The summed E-state index contributed by atoms with van der Waals surface area (Å²) in [6.07, 6.45) is 5.49. The molecule has 0 unspecified atom stereocenters. The van der Waals surface area contributed by atoms with Crippen LogP contribution in [0.3, 0.4) is 0 Å². The Balaban J connectivity index is 2.06. The number of aromatic nitrogens is 1. The molecule has 1 aromatic heterocycles. The Morgan fingerprint density at radius 1 is 1.11 bits per heavy atom. The van der Waals surface area contributed by atoms with Crippen LogP contribution < -0.4 is 5.32 Å². The first kappa shape index (κ1) is 15.1. The van der Waals surface area contributed by atoms with Crippen LogP contribution >= 0.6 is 0 Å². The van der Waals surface area contributed by atoms with Crippen LogP contribution in [0.15, 0.2) is 24.5 Å². The van der Waals surface area contributed by atoms with Crippen molar-refractivity contribution in [3.05, 3.63) is 30.1 Å². The molecule has 1 N–H and O–H groups in total. The summed E-state index contributed by atoms with van der Waals surface area (Å²) in [7, 11) is 0. The molecule has 0 saturated heterocycles. The lowest BCUT2D eigenvalue weighted by atomic mass is 10.2. The Morgan fingerprint density at radius 2 is 1.78 bits per heavy atom. The molecule has 0 aromatic carbocycles. The largest absolute Gasteiger partial charge is 0.353 e. The van der Waals surface area contributed by atoms with Gasteiger partial charge in [0.15, 0.2) is 6.29 Å². The van der Waals surface area contributed by atoms with E-state index in [0.29, 0.717) is 13.2 Å². The molecular weight excluding hydrogens is 228 g/mol. The zero-order valence-electron chi connectivity index (χ0n) is 11.4. The second-order valence-corrected chi connectivity index (χ2v) is 3.98. The summed E-state index contributed by atoms with van der Waals surface area (Å²) >= 11 is 0. The van der Waals surface area contributed by atoms with Crippen molar-refractivity contribution in [1.82, 2.24) is 10.3 Å². The molecule has 18 heavy (non-hydrogen) atoms. The first-order valence-electron chi connectivity index (χ1n) is 6.69. The molecule has 1 aromatic rings. The molecule has 0 saturated carbocycles. The van der Waals surface area contributed by atoms with Crippen molar-refractivity contribution in [2.24, 2.45) is 0 Å². The summed E-state index contributed by atoms with van der Waals surface area (Å²) in [6.45, 7) is 7.25. The summed E-state index contributed by atoms with van der Waals surface area (Å²) in [5.74, 6) is 0. The maximum Gasteiger partial charge on any atom is 0.158 e. The second kappa shape index (κ2) is 10.00. The highest BCUT2D eigenvalue weighted by Gasteiger charge is 2.06. The molecule has 1 rings (SSSR count). The van der Waals surface area contributed by atoms with Gasteiger partial charge < -0.3 is 14.8 Å². The third-order valence-corrected chi connectivity index (χ3v) is 2.60. The molecule has 0 amide bonds. The fourth-order valence-electron chi connectivity index (χ4n) is 1.71. The average molecular weight is 252 g/mol. The van der Waals surface area contributed by atoms with E-state index in [1.165, 1.54) is 5.56 Å². The fraction of sp³-hybridized carbons (Fsp3) is 0.643. The Kier molecular flexibility index (Phi) is 8.38. The minimum absolute atomic E-state index is 0.0755. The molecule has 0 aliphatic rings. The number of hydrogen-bond acceptors (Lipinski definition) is 4. The van der Waals surface area contributed by atoms with Gasteiger partial charge in [-0.2, -0.15) is 0 Å². The number of ether oxygens (including phenoxy) is 2. The highest BCUT2D eigenvalue weighted by Crippen LogP contribution is 2.00. The minimum atomic E-state index is -0.0755. The van der Waals surface area contributed by atoms with Crippen molar-refractivity contribution in [3.63, 3.8) is 0 Å². The van der Waals surface area contributed by atoms with Gasteiger partial charge in [-0.15, -0.1) is 0 Å². The molecule has 0 atom stereocenters. The molecule has 0 fully saturated rings. The molecule has 4 nitrogen and oxygen atoms in total. The van der Waals surface area contributed by atoms with Crippen LogP contribution in [-0.4, -0.2) is 37.6 Å². The van der Waals surface area contributed by atoms with Gasteiger partial charge in [-0.05, 0) is 51.1 Å². The van der Waals surface area contributed by atoms with E-state index in [-0.39, 0.29) is 6.29 Å². The normalized spacial score (nSPS) is 11.1. The molecule has 0 aliphatic carbocycles. The van der Waals surface area contributed by atoms with Crippen LogP contribution in [0.1, 0.15) is 25.8 Å². The summed E-state index contributed by atoms with van der Waals surface area (Å²) in [5.41, 5.74) is 1.31. The predicted octanol–water partition coefficient (Wildman–Crippen LogP) is 2.00. The SMILES string of the molecule is CCOC(CCNCCc1ccncc1)OCC. The van der Waals surface area contributed by atoms with Crippen LogP contribution in [-0.2, 0) is 15.9 Å². The van der Waals surface area contributed by atoms with E-state index in [9.17, 15) is 0 Å². The van der Waals surface area contributed by atoms with Gasteiger partial charge in [-0.1, -0.05) is 0 Å². The molecule has 102 valence electrons. The zero-order chi connectivity index (χ0) is 13.1. The van der Waals surface area contributed by atoms with Crippen molar-refractivity contribution >= 4 is 0 Å². The van der Waals surface area contributed by atoms with E-state index >= 15 is 0 Å². The van der Waals surface area contributed by atoms with Gasteiger partial charge in [0.1, 0.15) is 0 Å². The standard InChI is InChI=1S/C14H24N2O2/c1-3-17-14(18-4-2)8-12-16-11-7-13-5-9-15-10-6-13/h5-6,9-10,14,16H,3-4,7-8,11-12H2,1-2H3. The maximum absolute atomic E-state index is 5.48. The second-order valence-electron chi connectivity index (χ2n) is 3.98. The summed E-state index contributed by atoms with van der Waals surface area (Å²) < 4.78 is 11.0. The van der Waals surface area contributed by atoms with Crippen LogP contribution in [0, 0.1) is 0 Å². The van der Waals surface area contributed by atoms with Crippen LogP contribution in [0.5, 0.6) is 0 Å². The molecule has 0 radical (unpaired) electrons.